The van der Waals surface area contributed by atoms with Crippen LogP contribution in [0.15, 0.2) is 30.3 Å². The molecule has 2 N–H and O–H groups in total. The zero-order chi connectivity index (χ0) is 15.7. The van der Waals surface area contributed by atoms with Crippen molar-refractivity contribution in [2.24, 2.45) is 0 Å². The summed E-state index contributed by atoms with van der Waals surface area (Å²) in [6.45, 7) is 0.167. The molecule has 0 spiro atoms. The maximum Gasteiger partial charge on any atom is 0.377 e. The van der Waals surface area contributed by atoms with Gasteiger partial charge in [-0.2, -0.15) is 8.78 Å². The molecule has 0 radical (unpaired) electrons. The van der Waals surface area contributed by atoms with Crippen molar-refractivity contribution in [3.8, 4) is 0 Å². The van der Waals surface area contributed by atoms with Gasteiger partial charge in [-0.3, -0.25) is 9.59 Å². The van der Waals surface area contributed by atoms with Crippen LogP contribution in [0.25, 0.3) is 0 Å². The van der Waals surface area contributed by atoms with Gasteiger partial charge in [0.15, 0.2) is 0 Å². The standard InChI is InChI=1S/C14H17BrF2N2O2/c15-14(16,17)13(21)18-10-6-2-5-9-12(20)19-11-7-3-1-4-8-11/h1,3-4,7-8H,2,5-6,9-10H2,(H,18,21)(H,19,20). The van der Waals surface area contributed by atoms with Crippen molar-refractivity contribution in [3.63, 3.8) is 0 Å². The van der Waals surface area contributed by atoms with Crippen LogP contribution in [0.3, 0.4) is 0 Å². The number of hydrogen-bond acceptors (Lipinski definition) is 2. The summed E-state index contributed by atoms with van der Waals surface area (Å²) in [6.07, 6.45) is 2.22. The summed E-state index contributed by atoms with van der Waals surface area (Å²) in [6, 6.07) is 9.12. The third-order valence-corrected chi connectivity index (χ3v) is 3.04. The van der Waals surface area contributed by atoms with Crippen LogP contribution in [0.5, 0.6) is 0 Å². The summed E-state index contributed by atoms with van der Waals surface area (Å²) in [7, 11) is 0. The topological polar surface area (TPSA) is 58.2 Å². The zero-order valence-corrected chi connectivity index (χ0v) is 13.0. The summed E-state index contributed by atoms with van der Waals surface area (Å²) in [4.78, 5) is 18.9. The van der Waals surface area contributed by atoms with Gasteiger partial charge >= 0.3 is 10.7 Å². The molecule has 0 aliphatic rings. The predicted molar refractivity (Wildman–Crippen MR) is 80.4 cm³/mol. The highest BCUT2D eigenvalue weighted by molar-refractivity contribution is 9.10. The summed E-state index contributed by atoms with van der Waals surface area (Å²) >= 11 is 1.98. The van der Waals surface area contributed by atoms with E-state index in [0.717, 1.165) is 5.69 Å². The van der Waals surface area contributed by atoms with Crippen LogP contribution >= 0.6 is 15.9 Å². The minimum absolute atomic E-state index is 0.0859. The van der Waals surface area contributed by atoms with Crippen LogP contribution in [-0.2, 0) is 9.59 Å². The van der Waals surface area contributed by atoms with Gasteiger partial charge in [0.05, 0.1) is 0 Å². The van der Waals surface area contributed by atoms with Crippen LogP contribution in [0.1, 0.15) is 25.7 Å². The van der Waals surface area contributed by atoms with Gasteiger partial charge in [0, 0.05) is 34.6 Å². The molecule has 2 amide bonds. The molecule has 0 saturated heterocycles. The van der Waals surface area contributed by atoms with E-state index in [4.69, 9.17) is 0 Å². The Labute approximate surface area is 130 Å². The Morgan fingerprint density at radius 3 is 2.38 bits per heavy atom. The fourth-order valence-electron chi connectivity index (χ4n) is 1.63. The number of hydrogen-bond donors (Lipinski definition) is 2. The van der Waals surface area contributed by atoms with E-state index in [0.29, 0.717) is 25.7 Å². The maximum atomic E-state index is 12.5. The number of nitrogens with one attached hydrogen (secondary N) is 2. The summed E-state index contributed by atoms with van der Waals surface area (Å²) in [5.41, 5.74) is 0.745. The average Bonchev–Trinajstić information content (AvgIpc) is 2.42. The molecule has 21 heavy (non-hydrogen) atoms. The number of benzene rings is 1. The van der Waals surface area contributed by atoms with Crippen LogP contribution in [0.2, 0.25) is 0 Å². The predicted octanol–water partition coefficient (Wildman–Crippen LogP) is 3.29. The maximum absolute atomic E-state index is 12.5. The van der Waals surface area contributed by atoms with E-state index in [2.05, 4.69) is 10.6 Å². The summed E-state index contributed by atoms with van der Waals surface area (Å²) in [5.74, 6) is -1.43. The Kier molecular flexibility index (Phi) is 7.28. The molecule has 0 unspecified atom stereocenters. The van der Waals surface area contributed by atoms with Gasteiger partial charge in [0.1, 0.15) is 0 Å². The lowest BCUT2D eigenvalue weighted by Crippen LogP contribution is -2.36. The fraction of sp³-hybridized carbons (Fsp3) is 0.429. The Morgan fingerprint density at radius 1 is 1.10 bits per heavy atom. The van der Waals surface area contributed by atoms with Gasteiger partial charge in [-0.1, -0.05) is 24.6 Å². The first kappa shape index (κ1) is 17.6. The molecule has 0 aliphatic heterocycles. The minimum atomic E-state index is -3.53. The van der Waals surface area contributed by atoms with E-state index in [-0.39, 0.29) is 12.5 Å². The molecular formula is C14H17BrF2N2O2. The van der Waals surface area contributed by atoms with Gasteiger partial charge in [-0.25, -0.2) is 0 Å². The second kappa shape index (κ2) is 8.71. The molecule has 0 heterocycles. The Hall–Kier alpha value is -1.50. The summed E-state index contributed by atoms with van der Waals surface area (Å²) < 4.78 is 24.9. The molecule has 1 rings (SSSR count). The number of alkyl halides is 3. The van der Waals surface area contributed by atoms with Crippen molar-refractivity contribution in [2.45, 2.75) is 30.5 Å². The number of carbonyl (C=O) groups is 2. The van der Waals surface area contributed by atoms with E-state index in [9.17, 15) is 18.4 Å². The molecule has 0 fully saturated rings. The molecule has 1 aromatic carbocycles. The van der Waals surface area contributed by atoms with Gasteiger partial charge in [-0.05, 0) is 25.0 Å². The van der Waals surface area contributed by atoms with Crippen molar-refractivity contribution in [2.75, 3.05) is 11.9 Å². The molecule has 0 aliphatic carbocycles. The molecule has 0 saturated carbocycles. The Bertz CT molecular complexity index is 464. The van der Waals surface area contributed by atoms with E-state index in [1.165, 1.54) is 0 Å². The number of amides is 2. The number of carbonyl (C=O) groups excluding carboxylic acids is 2. The van der Waals surface area contributed by atoms with Crippen LogP contribution in [0, 0.1) is 0 Å². The first-order valence-corrected chi connectivity index (χ1v) is 7.39. The van der Waals surface area contributed by atoms with Crippen LogP contribution < -0.4 is 10.6 Å². The Balaban J connectivity index is 2.07. The van der Waals surface area contributed by atoms with Gasteiger partial charge < -0.3 is 10.6 Å². The molecule has 116 valence electrons. The normalized spacial score (nSPS) is 11.0. The molecule has 0 bridgehead atoms. The number of halogens is 3. The van der Waals surface area contributed by atoms with Crippen molar-refractivity contribution >= 4 is 33.4 Å². The van der Waals surface area contributed by atoms with Gasteiger partial charge in [0.25, 0.3) is 0 Å². The quantitative estimate of drug-likeness (QED) is 0.550. The Morgan fingerprint density at radius 2 is 1.76 bits per heavy atom. The van der Waals surface area contributed by atoms with Crippen molar-refractivity contribution in [1.29, 1.82) is 0 Å². The van der Waals surface area contributed by atoms with Gasteiger partial charge in [-0.15, -0.1) is 0 Å². The van der Waals surface area contributed by atoms with E-state index in [1.54, 1.807) is 12.1 Å². The largest absolute Gasteiger partial charge is 0.377 e. The highest BCUT2D eigenvalue weighted by Gasteiger charge is 2.34. The highest BCUT2D eigenvalue weighted by atomic mass is 79.9. The second-order valence-electron chi connectivity index (χ2n) is 4.48. The number of para-hydroxylation sites is 1. The lowest BCUT2D eigenvalue weighted by Gasteiger charge is -2.09. The molecular weight excluding hydrogens is 346 g/mol. The molecule has 1 aromatic rings. The molecule has 0 atom stereocenters. The lowest BCUT2D eigenvalue weighted by molar-refractivity contribution is -0.134. The van der Waals surface area contributed by atoms with Crippen molar-refractivity contribution in [3.05, 3.63) is 30.3 Å². The second-order valence-corrected chi connectivity index (χ2v) is 5.47. The van der Waals surface area contributed by atoms with E-state index < -0.39 is 10.7 Å². The van der Waals surface area contributed by atoms with Gasteiger partial charge in [0.2, 0.25) is 5.91 Å². The minimum Gasteiger partial charge on any atom is -0.350 e. The first-order valence-electron chi connectivity index (χ1n) is 6.59. The third kappa shape index (κ3) is 7.75. The van der Waals surface area contributed by atoms with Crippen LogP contribution in [0.4, 0.5) is 14.5 Å². The molecule has 7 heteroatoms. The van der Waals surface area contributed by atoms with Crippen LogP contribution in [-0.4, -0.2) is 23.2 Å². The smallest absolute Gasteiger partial charge is 0.350 e. The number of anilines is 1. The monoisotopic (exact) mass is 362 g/mol. The first-order chi connectivity index (χ1) is 9.89. The van der Waals surface area contributed by atoms with E-state index >= 15 is 0 Å². The lowest BCUT2D eigenvalue weighted by atomic mass is 10.2. The summed E-state index contributed by atoms with van der Waals surface area (Å²) in [5, 5.41) is 4.87. The number of rotatable bonds is 8. The fourth-order valence-corrected chi connectivity index (χ4v) is 1.77. The van der Waals surface area contributed by atoms with Crippen molar-refractivity contribution in [1.82, 2.24) is 5.32 Å². The average molecular weight is 363 g/mol. The third-order valence-electron chi connectivity index (χ3n) is 2.68. The number of unbranched alkanes of at least 4 members (excludes halogenated alkanes) is 2. The SMILES string of the molecule is O=C(CCCCCNC(=O)C(F)(F)Br)Nc1ccccc1. The van der Waals surface area contributed by atoms with Crippen molar-refractivity contribution < 1.29 is 18.4 Å². The molecule has 0 aromatic heterocycles. The van der Waals surface area contributed by atoms with E-state index in [1.807, 2.05) is 34.1 Å². The molecule has 4 nitrogen and oxygen atoms in total. The highest BCUT2D eigenvalue weighted by Crippen LogP contribution is 2.21. The zero-order valence-electron chi connectivity index (χ0n) is 11.4.